The first-order valence-corrected chi connectivity index (χ1v) is 11.7. The maximum absolute atomic E-state index is 6.22. The van der Waals surface area contributed by atoms with Crippen LogP contribution in [0.2, 0.25) is 5.02 Å². The van der Waals surface area contributed by atoms with Crippen molar-refractivity contribution in [3.63, 3.8) is 0 Å². The number of hydrogen-bond donors (Lipinski definition) is 2. The molecule has 3 heterocycles. The Morgan fingerprint density at radius 1 is 0.971 bits per heavy atom. The maximum atomic E-state index is 6.22. The molecule has 5 rings (SSSR count). The van der Waals surface area contributed by atoms with Gasteiger partial charge >= 0.3 is 0 Å². The van der Waals surface area contributed by atoms with Crippen molar-refractivity contribution in [2.75, 3.05) is 24.7 Å². The summed E-state index contributed by atoms with van der Waals surface area (Å²) in [6.45, 7) is 1.73. The summed E-state index contributed by atoms with van der Waals surface area (Å²) in [6, 6.07) is 11.8. The van der Waals surface area contributed by atoms with Gasteiger partial charge < -0.3 is 20.4 Å². The Hall–Kier alpha value is -3.65. The number of unbranched alkanes of at least 4 members (excludes halogenated alkanes) is 3. The predicted octanol–water partition coefficient (Wildman–Crippen LogP) is 5.44. The molecule has 0 saturated carbocycles. The van der Waals surface area contributed by atoms with Gasteiger partial charge in [0.2, 0.25) is 0 Å². The first kappa shape index (κ1) is 22.2. The SMILES string of the molecule is COc1ccc2nc3cc(Cl)ccc3c(NCCCCCCn3cnc4c(N)ncnc43)c2c1. The highest BCUT2D eigenvalue weighted by Crippen LogP contribution is 2.34. The second-order valence-electron chi connectivity index (χ2n) is 8.24. The standard InChI is InChI=1S/C25H26ClN7O/c1-34-17-7-9-20-19(13-17)22(18-8-6-16(26)12-21(18)32-20)28-10-4-2-3-5-11-33-15-31-23-24(27)29-14-30-25(23)33/h6-9,12-15H,2-5,10-11H2,1H3,(H,28,32)(H2,27,29,30). The Labute approximate surface area is 202 Å². The zero-order valence-corrected chi connectivity index (χ0v) is 19.7. The lowest BCUT2D eigenvalue weighted by Gasteiger charge is -2.14. The highest BCUT2D eigenvalue weighted by atomic mass is 35.5. The van der Waals surface area contributed by atoms with Crippen LogP contribution in [0.15, 0.2) is 49.1 Å². The number of nitrogens with zero attached hydrogens (tertiary/aromatic N) is 5. The number of imidazole rings is 1. The van der Waals surface area contributed by atoms with E-state index in [1.807, 2.05) is 41.0 Å². The van der Waals surface area contributed by atoms with Crippen molar-refractivity contribution in [3.8, 4) is 5.75 Å². The van der Waals surface area contributed by atoms with Gasteiger partial charge in [-0.2, -0.15) is 0 Å². The number of nitrogen functional groups attached to an aromatic ring is 1. The second-order valence-corrected chi connectivity index (χ2v) is 8.68. The van der Waals surface area contributed by atoms with E-state index in [0.29, 0.717) is 16.4 Å². The molecule has 3 aromatic heterocycles. The van der Waals surface area contributed by atoms with Gasteiger partial charge in [0.15, 0.2) is 11.5 Å². The lowest BCUT2D eigenvalue weighted by atomic mass is 10.1. The summed E-state index contributed by atoms with van der Waals surface area (Å²) < 4.78 is 7.49. The molecule has 0 aliphatic carbocycles. The summed E-state index contributed by atoms with van der Waals surface area (Å²) >= 11 is 6.22. The summed E-state index contributed by atoms with van der Waals surface area (Å²) in [6.07, 6.45) is 7.61. The summed E-state index contributed by atoms with van der Waals surface area (Å²) in [7, 11) is 1.68. The minimum atomic E-state index is 0.422. The third-order valence-corrected chi connectivity index (χ3v) is 6.24. The molecule has 0 amide bonds. The molecule has 0 atom stereocenters. The van der Waals surface area contributed by atoms with Crippen molar-refractivity contribution in [1.82, 2.24) is 24.5 Å². The fourth-order valence-corrected chi connectivity index (χ4v) is 4.42. The molecule has 0 saturated heterocycles. The van der Waals surface area contributed by atoms with Crippen LogP contribution < -0.4 is 15.8 Å². The third kappa shape index (κ3) is 4.41. The number of nitrogens with two attached hydrogens (primary N) is 1. The van der Waals surface area contributed by atoms with Gasteiger partial charge in [-0.15, -0.1) is 0 Å². The number of methoxy groups -OCH3 is 1. The van der Waals surface area contributed by atoms with Crippen LogP contribution in [-0.2, 0) is 6.54 Å². The van der Waals surface area contributed by atoms with Gasteiger partial charge in [0.05, 0.1) is 30.2 Å². The summed E-state index contributed by atoms with van der Waals surface area (Å²) in [5.41, 5.74) is 10.2. The molecule has 0 bridgehead atoms. The average molecular weight is 476 g/mol. The molecule has 0 spiro atoms. The monoisotopic (exact) mass is 475 g/mol. The van der Waals surface area contributed by atoms with Crippen LogP contribution in [0, 0.1) is 0 Å². The number of rotatable bonds is 9. The van der Waals surface area contributed by atoms with Crippen LogP contribution in [0.4, 0.5) is 11.5 Å². The van der Waals surface area contributed by atoms with Crippen molar-refractivity contribution < 1.29 is 4.74 Å². The zero-order valence-electron chi connectivity index (χ0n) is 19.0. The van der Waals surface area contributed by atoms with Crippen molar-refractivity contribution in [2.45, 2.75) is 32.2 Å². The molecule has 174 valence electrons. The van der Waals surface area contributed by atoms with E-state index in [1.165, 1.54) is 6.33 Å². The van der Waals surface area contributed by atoms with Crippen LogP contribution in [0.5, 0.6) is 5.75 Å². The summed E-state index contributed by atoms with van der Waals surface area (Å²) in [4.78, 5) is 17.4. The molecule has 9 heteroatoms. The van der Waals surface area contributed by atoms with Crippen molar-refractivity contribution >= 4 is 56.1 Å². The number of benzene rings is 2. The Kier molecular flexibility index (Phi) is 6.31. The fourth-order valence-electron chi connectivity index (χ4n) is 4.25. The van der Waals surface area contributed by atoms with Gasteiger partial charge in [-0.25, -0.2) is 19.9 Å². The molecular formula is C25H26ClN7O. The molecule has 0 unspecified atom stereocenters. The molecule has 34 heavy (non-hydrogen) atoms. The molecule has 5 aromatic rings. The number of pyridine rings is 1. The first-order chi connectivity index (χ1) is 16.6. The Morgan fingerprint density at radius 3 is 2.74 bits per heavy atom. The largest absolute Gasteiger partial charge is 0.497 e. The number of anilines is 2. The molecule has 0 fully saturated rings. The van der Waals surface area contributed by atoms with Gasteiger partial charge in [-0.05, 0) is 49.2 Å². The van der Waals surface area contributed by atoms with Gasteiger partial charge in [-0.3, -0.25) is 0 Å². The van der Waals surface area contributed by atoms with Crippen LogP contribution in [0.3, 0.4) is 0 Å². The van der Waals surface area contributed by atoms with E-state index >= 15 is 0 Å². The van der Waals surface area contributed by atoms with E-state index in [1.54, 1.807) is 13.4 Å². The Balaban J connectivity index is 1.22. The summed E-state index contributed by atoms with van der Waals surface area (Å²) in [5, 5.41) is 6.43. The smallest absolute Gasteiger partial charge is 0.165 e. The molecule has 0 aliphatic heterocycles. The second kappa shape index (κ2) is 9.69. The van der Waals surface area contributed by atoms with Crippen LogP contribution in [-0.4, -0.2) is 38.2 Å². The number of nitrogens with one attached hydrogen (secondary N) is 1. The number of fused-ring (bicyclic) bond motifs is 3. The minimum Gasteiger partial charge on any atom is -0.497 e. The van der Waals surface area contributed by atoms with Crippen LogP contribution >= 0.6 is 11.6 Å². The molecule has 8 nitrogen and oxygen atoms in total. The first-order valence-electron chi connectivity index (χ1n) is 11.4. The minimum absolute atomic E-state index is 0.422. The number of hydrogen-bond acceptors (Lipinski definition) is 7. The maximum Gasteiger partial charge on any atom is 0.165 e. The van der Waals surface area contributed by atoms with Crippen LogP contribution in [0.1, 0.15) is 25.7 Å². The Morgan fingerprint density at radius 2 is 1.85 bits per heavy atom. The van der Waals surface area contributed by atoms with E-state index in [-0.39, 0.29) is 0 Å². The van der Waals surface area contributed by atoms with E-state index in [9.17, 15) is 0 Å². The summed E-state index contributed by atoms with van der Waals surface area (Å²) in [5.74, 6) is 1.23. The number of halogens is 1. The molecule has 0 radical (unpaired) electrons. The number of ether oxygens (including phenoxy) is 1. The molecule has 3 N–H and O–H groups in total. The van der Waals surface area contributed by atoms with E-state index in [0.717, 1.165) is 77.7 Å². The van der Waals surface area contributed by atoms with Gasteiger partial charge in [0.25, 0.3) is 0 Å². The fraction of sp³-hybridized carbons (Fsp3) is 0.280. The third-order valence-electron chi connectivity index (χ3n) is 6.00. The van der Waals surface area contributed by atoms with Crippen molar-refractivity contribution in [2.24, 2.45) is 0 Å². The molecular weight excluding hydrogens is 450 g/mol. The molecule has 2 aromatic carbocycles. The highest BCUT2D eigenvalue weighted by Gasteiger charge is 2.11. The predicted molar refractivity (Wildman–Crippen MR) is 138 cm³/mol. The number of aromatic nitrogens is 5. The highest BCUT2D eigenvalue weighted by molar-refractivity contribution is 6.31. The number of aryl methyl sites for hydroxylation is 1. The van der Waals surface area contributed by atoms with Crippen molar-refractivity contribution in [1.29, 1.82) is 0 Å². The lowest BCUT2D eigenvalue weighted by Crippen LogP contribution is -2.04. The van der Waals surface area contributed by atoms with Gasteiger partial charge in [0.1, 0.15) is 17.6 Å². The van der Waals surface area contributed by atoms with Gasteiger partial charge in [-0.1, -0.05) is 24.4 Å². The van der Waals surface area contributed by atoms with E-state index in [2.05, 4.69) is 20.3 Å². The normalized spacial score (nSPS) is 11.5. The zero-order chi connectivity index (χ0) is 23.5. The van der Waals surface area contributed by atoms with Gasteiger partial charge in [0, 0.05) is 28.9 Å². The van der Waals surface area contributed by atoms with E-state index in [4.69, 9.17) is 27.1 Å². The van der Waals surface area contributed by atoms with Crippen molar-refractivity contribution in [3.05, 3.63) is 54.1 Å². The topological polar surface area (TPSA) is 104 Å². The molecule has 0 aliphatic rings. The Bertz CT molecular complexity index is 1470. The van der Waals surface area contributed by atoms with E-state index < -0.39 is 0 Å². The lowest BCUT2D eigenvalue weighted by molar-refractivity contribution is 0.415. The quantitative estimate of drug-likeness (QED) is 0.216. The van der Waals surface area contributed by atoms with Crippen LogP contribution in [0.25, 0.3) is 33.0 Å². The average Bonchev–Trinajstić information content (AvgIpc) is 3.26.